The van der Waals surface area contributed by atoms with E-state index in [1.165, 1.54) is 103 Å². The van der Waals surface area contributed by atoms with E-state index < -0.39 is 0 Å². The quantitative estimate of drug-likeness (QED) is 0.131. The fourth-order valence-corrected chi connectivity index (χ4v) is 4.67. The summed E-state index contributed by atoms with van der Waals surface area (Å²) in [4.78, 5) is 0. The van der Waals surface area contributed by atoms with Crippen LogP contribution in [0.5, 0.6) is 0 Å². The van der Waals surface area contributed by atoms with Crippen molar-refractivity contribution in [1.29, 1.82) is 0 Å². The maximum Gasteiger partial charge on any atom is 0.128 e. The minimum absolute atomic E-state index is 0.272. The molecule has 0 N–H and O–H groups in total. The van der Waals surface area contributed by atoms with Gasteiger partial charge in [0, 0.05) is 12.8 Å². The summed E-state index contributed by atoms with van der Waals surface area (Å²) in [5.41, 5.74) is 6.73. The van der Waals surface area contributed by atoms with Gasteiger partial charge in [-0.05, 0) is 18.5 Å². The van der Waals surface area contributed by atoms with Gasteiger partial charge in [-0.25, -0.2) is 0 Å². The van der Waals surface area contributed by atoms with Crippen LogP contribution < -0.4 is 0 Å². The molecule has 0 nitrogen and oxygen atoms in total. The Morgan fingerprint density at radius 1 is 0.538 bits per heavy atom. The van der Waals surface area contributed by atoms with Crippen LogP contribution in [0, 0.1) is 23.2 Å². The first-order chi connectivity index (χ1) is 12.9. The molecule has 150 valence electrons. The zero-order chi connectivity index (χ0) is 19.0. The second-order valence-electron chi connectivity index (χ2n) is 7.36. The van der Waals surface area contributed by atoms with E-state index in [-0.39, 0.29) is 8.27 Å². The Bertz CT molecular complexity index is 342. The van der Waals surface area contributed by atoms with E-state index >= 15 is 0 Å². The Hall–Kier alpha value is -0.0200. The lowest BCUT2D eigenvalue weighted by Gasteiger charge is -1.99. The van der Waals surface area contributed by atoms with Gasteiger partial charge in [-0.15, -0.1) is 0 Å². The van der Waals surface area contributed by atoms with Crippen LogP contribution in [0.1, 0.15) is 129 Å². The van der Waals surface area contributed by atoms with Gasteiger partial charge in [0.05, 0.1) is 13.9 Å². The third-order valence-electron chi connectivity index (χ3n) is 4.72. The SMILES string of the molecule is CCCCCCCCCCC#CP[PH2+]C#CCCCCCCCCCC. The molecule has 0 aromatic rings. The van der Waals surface area contributed by atoms with E-state index in [4.69, 9.17) is 0 Å². The molecule has 2 unspecified atom stereocenters. The highest BCUT2D eigenvalue weighted by Crippen LogP contribution is 2.33. The third kappa shape index (κ3) is 24.0. The number of hydrogen-bond acceptors (Lipinski definition) is 0. The lowest BCUT2D eigenvalue weighted by atomic mass is 10.1. The fourth-order valence-electron chi connectivity index (χ4n) is 3.00. The number of rotatable bonds is 17. The molecule has 0 radical (unpaired) electrons. The Morgan fingerprint density at radius 3 is 1.46 bits per heavy atom. The molecule has 0 amide bonds. The van der Waals surface area contributed by atoms with Gasteiger partial charge in [0.15, 0.2) is 0 Å². The molecule has 0 aromatic carbocycles. The van der Waals surface area contributed by atoms with Crippen molar-refractivity contribution in [1.82, 2.24) is 0 Å². The van der Waals surface area contributed by atoms with Gasteiger partial charge in [-0.3, -0.25) is 0 Å². The predicted octanol–water partition coefficient (Wildman–Crippen LogP) is 8.97. The summed E-state index contributed by atoms with van der Waals surface area (Å²) in [6.07, 6.45) is 24.5. The summed E-state index contributed by atoms with van der Waals surface area (Å²) in [6, 6.07) is 0. The standard InChI is InChI=1S/C24H44P2/c1-3-5-7-9-11-13-15-17-19-21-23-25-26-24-22-20-18-16-14-12-10-8-6-4-2/h25-26H,3-20H2,1-2H3/p+1. The number of hydrogen-bond donors (Lipinski definition) is 0. The maximum atomic E-state index is 3.38. The van der Waals surface area contributed by atoms with Crippen molar-refractivity contribution in [2.45, 2.75) is 129 Å². The van der Waals surface area contributed by atoms with Gasteiger partial charge in [-0.1, -0.05) is 116 Å². The second kappa shape index (κ2) is 25.0. The molecule has 0 aliphatic carbocycles. The van der Waals surface area contributed by atoms with E-state index in [1.54, 1.807) is 0 Å². The summed E-state index contributed by atoms with van der Waals surface area (Å²) < 4.78 is 0. The molecule has 26 heavy (non-hydrogen) atoms. The summed E-state index contributed by atoms with van der Waals surface area (Å²) in [5.74, 6) is 6.71. The zero-order valence-electron chi connectivity index (χ0n) is 17.8. The Morgan fingerprint density at radius 2 is 0.962 bits per heavy atom. The molecule has 0 saturated heterocycles. The average molecular weight is 396 g/mol. The van der Waals surface area contributed by atoms with Crippen LogP contribution in [-0.4, -0.2) is 0 Å². The highest BCUT2D eigenvalue weighted by molar-refractivity contribution is 8.16. The van der Waals surface area contributed by atoms with Gasteiger partial charge in [0.1, 0.15) is 8.27 Å². The maximum absolute atomic E-state index is 3.38. The van der Waals surface area contributed by atoms with Crippen molar-refractivity contribution in [3.63, 3.8) is 0 Å². The van der Waals surface area contributed by atoms with E-state index in [1.807, 2.05) is 0 Å². The lowest BCUT2D eigenvalue weighted by Crippen LogP contribution is -1.79. The third-order valence-corrected chi connectivity index (χ3v) is 6.83. The molecule has 0 bridgehead atoms. The normalized spacial score (nSPS) is 11.0. The van der Waals surface area contributed by atoms with E-state index in [9.17, 15) is 0 Å². The van der Waals surface area contributed by atoms with Gasteiger partial charge in [-0.2, -0.15) is 0 Å². The fraction of sp³-hybridized carbons (Fsp3) is 0.833. The van der Waals surface area contributed by atoms with Crippen LogP contribution in [0.25, 0.3) is 0 Å². The first-order valence-corrected chi connectivity index (χ1v) is 14.8. The van der Waals surface area contributed by atoms with Crippen molar-refractivity contribution in [2.24, 2.45) is 0 Å². The molecule has 0 aliphatic rings. The Kier molecular flexibility index (Phi) is 25.0. The van der Waals surface area contributed by atoms with Gasteiger partial charge in [0.25, 0.3) is 0 Å². The first kappa shape index (κ1) is 26.0. The zero-order valence-corrected chi connectivity index (χ0v) is 20.0. The largest absolute Gasteiger partial charge is 0.128 e. The summed E-state index contributed by atoms with van der Waals surface area (Å²) >= 11 is 0. The molecule has 2 heteroatoms. The van der Waals surface area contributed by atoms with Crippen molar-refractivity contribution < 1.29 is 0 Å². The van der Waals surface area contributed by atoms with Crippen LogP contribution in [0.4, 0.5) is 0 Å². The van der Waals surface area contributed by atoms with Crippen LogP contribution in [-0.2, 0) is 0 Å². The number of unbranched alkanes of at least 4 members (excludes halogenated alkanes) is 16. The molecule has 2 atom stereocenters. The van der Waals surface area contributed by atoms with Crippen molar-refractivity contribution in [2.75, 3.05) is 0 Å². The average Bonchev–Trinajstić information content (AvgIpc) is 2.66. The summed E-state index contributed by atoms with van der Waals surface area (Å²) in [6.45, 7) is 4.56. The topological polar surface area (TPSA) is 0 Å². The van der Waals surface area contributed by atoms with E-state index in [0.29, 0.717) is 0 Å². The van der Waals surface area contributed by atoms with Gasteiger partial charge >= 0.3 is 0 Å². The smallest absolute Gasteiger partial charge is 0.0952 e. The lowest BCUT2D eigenvalue weighted by molar-refractivity contribution is 0.579. The predicted molar refractivity (Wildman–Crippen MR) is 128 cm³/mol. The van der Waals surface area contributed by atoms with Gasteiger partial charge in [0.2, 0.25) is 0 Å². The van der Waals surface area contributed by atoms with E-state index in [0.717, 1.165) is 21.1 Å². The Labute approximate surface area is 169 Å². The van der Waals surface area contributed by atoms with Crippen LogP contribution in [0.3, 0.4) is 0 Å². The molecule has 0 fully saturated rings. The second-order valence-corrected chi connectivity index (χ2v) is 10.2. The van der Waals surface area contributed by atoms with Crippen LogP contribution >= 0.6 is 16.5 Å². The summed E-state index contributed by atoms with van der Waals surface area (Å²) in [5, 5.41) is 0. The first-order valence-electron chi connectivity index (χ1n) is 11.4. The minimum atomic E-state index is 0.272. The molecular formula is C24H45P2+. The molecule has 0 saturated carbocycles. The summed E-state index contributed by atoms with van der Waals surface area (Å²) in [7, 11) is 1.08. The van der Waals surface area contributed by atoms with Crippen LogP contribution in [0.2, 0.25) is 0 Å². The van der Waals surface area contributed by atoms with Crippen molar-refractivity contribution in [3.05, 3.63) is 0 Å². The molecule has 0 heterocycles. The highest BCUT2D eigenvalue weighted by atomic mass is 32.0. The van der Waals surface area contributed by atoms with Crippen LogP contribution in [0.15, 0.2) is 0 Å². The molecule has 0 spiro atoms. The van der Waals surface area contributed by atoms with Crippen molar-refractivity contribution >= 4 is 16.5 Å². The van der Waals surface area contributed by atoms with Crippen molar-refractivity contribution in [3.8, 4) is 23.2 Å². The Balaban J connectivity index is 3.21. The molecule has 0 rings (SSSR count). The minimum Gasteiger partial charge on any atom is -0.0952 e. The van der Waals surface area contributed by atoms with E-state index in [2.05, 4.69) is 37.0 Å². The van der Waals surface area contributed by atoms with Gasteiger partial charge < -0.3 is 0 Å². The molecular weight excluding hydrogens is 350 g/mol. The monoisotopic (exact) mass is 395 g/mol. The highest BCUT2D eigenvalue weighted by Gasteiger charge is 1.92. The molecule has 0 aliphatic heterocycles. The molecule has 0 aromatic heterocycles.